The summed E-state index contributed by atoms with van der Waals surface area (Å²) in [7, 11) is 5.50. The number of likely N-dealkylation sites (N-methyl/N-ethyl adjacent to an activating group) is 1. The maximum absolute atomic E-state index is 5.73. The zero-order valence-corrected chi connectivity index (χ0v) is 18.0. The Kier molecular flexibility index (Phi) is 10.3. The zero-order valence-electron chi connectivity index (χ0n) is 14.9. The zero-order chi connectivity index (χ0) is 17.2. The molecule has 0 aliphatic heterocycles. The molecule has 0 bridgehead atoms. The molecule has 0 unspecified atom stereocenters. The first kappa shape index (κ1) is 21.6. The fourth-order valence-electron chi connectivity index (χ4n) is 2.25. The second-order valence-electron chi connectivity index (χ2n) is 5.25. The molecule has 0 saturated heterocycles. The topological polar surface area (TPSA) is 46.1 Å². The van der Waals surface area contributed by atoms with Gasteiger partial charge in [0.25, 0.3) is 0 Å². The van der Waals surface area contributed by atoms with Gasteiger partial charge in [0.2, 0.25) is 0 Å². The van der Waals surface area contributed by atoms with Crippen molar-refractivity contribution in [2.24, 2.45) is 4.99 Å². The molecule has 1 N–H and O–H groups in total. The average molecular weight is 475 g/mol. The maximum Gasteiger partial charge on any atom is 0.193 e. The Hall–Kier alpha value is -1.48. The standard InChI is InChI=1S/C18H25N3O2S.HI/c1-19-18(21(2)11-9-17-8-5-13-24-17)20-10-12-23-16-7-4-6-15(14-16)22-3;/h4-8,13-14H,9-12H2,1-3H3,(H,19,20);1H. The Morgan fingerprint density at radius 3 is 2.72 bits per heavy atom. The summed E-state index contributed by atoms with van der Waals surface area (Å²) in [5, 5.41) is 5.43. The van der Waals surface area contributed by atoms with Crippen LogP contribution in [0, 0.1) is 0 Å². The molecule has 0 amide bonds. The third-order valence-electron chi connectivity index (χ3n) is 3.54. The van der Waals surface area contributed by atoms with Gasteiger partial charge < -0.3 is 19.7 Å². The summed E-state index contributed by atoms with van der Waals surface area (Å²) in [6.45, 7) is 2.18. The highest BCUT2D eigenvalue weighted by Gasteiger charge is 2.06. The molecule has 0 aliphatic rings. The first-order valence-corrected chi connectivity index (χ1v) is 8.82. The Morgan fingerprint density at radius 2 is 2.04 bits per heavy atom. The lowest BCUT2D eigenvalue weighted by Gasteiger charge is -2.21. The van der Waals surface area contributed by atoms with E-state index in [2.05, 4.69) is 32.7 Å². The largest absolute Gasteiger partial charge is 0.497 e. The van der Waals surface area contributed by atoms with Crippen LogP contribution in [0.4, 0.5) is 0 Å². The molecule has 0 aliphatic carbocycles. The van der Waals surface area contributed by atoms with Crippen LogP contribution < -0.4 is 14.8 Å². The molecule has 25 heavy (non-hydrogen) atoms. The highest BCUT2D eigenvalue weighted by atomic mass is 127. The van der Waals surface area contributed by atoms with Crippen LogP contribution in [-0.2, 0) is 6.42 Å². The van der Waals surface area contributed by atoms with Crippen LogP contribution in [0.25, 0.3) is 0 Å². The summed E-state index contributed by atoms with van der Waals surface area (Å²) in [4.78, 5) is 7.84. The van der Waals surface area contributed by atoms with Crippen LogP contribution in [0.15, 0.2) is 46.8 Å². The van der Waals surface area contributed by atoms with Crippen LogP contribution >= 0.6 is 35.3 Å². The van der Waals surface area contributed by atoms with Crippen LogP contribution in [0.2, 0.25) is 0 Å². The van der Waals surface area contributed by atoms with Gasteiger partial charge in [-0.15, -0.1) is 35.3 Å². The molecule has 0 saturated carbocycles. The third kappa shape index (κ3) is 7.52. The summed E-state index contributed by atoms with van der Waals surface area (Å²) in [6.07, 6.45) is 1.02. The summed E-state index contributed by atoms with van der Waals surface area (Å²) >= 11 is 1.79. The number of nitrogens with one attached hydrogen (secondary N) is 1. The molecule has 1 heterocycles. The number of rotatable bonds is 8. The number of ether oxygens (including phenoxy) is 2. The minimum absolute atomic E-state index is 0. The Labute approximate surface area is 171 Å². The minimum Gasteiger partial charge on any atom is -0.497 e. The van der Waals surface area contributed by atoms with Crippen molar-refractivity contribution in [2.75, 3.05) is 40.9 Å². The number of hydrogen-bond acceptors (Lipinski definition) is 4. The molecule has 7 heteroatoms. The fourth-order valence-corrected chi connectivity index (χ4v) is 2.94. The first-order valence-electron chi connectivity index (χ1n) is 7.94. The van der Waals surface area contributed by atoms with E-state index in [0.717, 1.165) is 30.4 Å². The molecule has 1 aromatic heterocycles. The molecule has 2 aromatic rings. The van der Waals surface area contributed by atoms with E-state index in [0.29, 0.717) is 13.2 Å². The van der Waals surface area contributed by atoms with Gasteiger partial charge in [-0.25, -0.2) is 0 Å². The van der Waals surface area contributed by atoms with Crippen molar-refractivity contribution in [3.8, 4) is 11.5 Å². The minimum atomic E-state index is 0. The van der Waals surface area contributed by atoms with Gasteiger partial charge in [-0.1, -0.05) is 12.1 Å². The lowest BCUT2D eigenvalue weighted by Crippen LogP contribution is -2.41. The van der Waals surface area contributed by atoms with E-state index in [1.165, 1.54) is 4.88 Å². The van der Waals surface area contributed by atoms with Crippen LogP contribution in [-0.4, -0.2) is 51.8 Å². The molecule has 0 atom stereocenters. The summed E-state index contributed by atoms with van der Waals surface area (Å²) in [5.74, 6) is 2.47. The monoisotopic (exact) mass is 475 g/mol. The molecular weight excluding hydrogens is 449 g/mol. The lowest BCUT2D eigenvalue weighted by atomic mass is 10.3. The van der Waals surface area contributed by atoms with E-state index in [9.17, 15) is 0 Å². The van der Waals surface area contributed by atoms with E-state index in [4.69, 9.17) is 9.47 Å². The smallest absolute Gasteiger partial charge is 0.193 e. The maximum atomic E-state index is 5.73. The Bertz CT molecular complexity index is 635. The van der Waals surface area contributed by atoms with Crippen molar-refractivity contribution in [3.05, 3.63) is 46.7 Å². The Morgan fingerprint density at radius 1 is 1.24 bits per heavy atom. The molecule has 0 spiro atoms. The number of benzene rings is 1. The summed E-state index contributed by atoms with van der Waals surface area (Å²) < 4.78 is 10.9. The van der Waals surface area contributed by atoms with Gasteiger partial charge in [-0.05, 0) is 30.0 Å². The van der Waals surface area contributed by atoms with Crippen LogP contribution in [0.3, 0.4) is 0 Å². The predicted octanol–water partition coefficient (Wildman–Crippen LogP) is 3.50. The fraction of sp³-hybridized carbons (Fsp3) is 0.389. The normalized spacial score (nSPS) is 10.8. The van der Waals surface area contributed by atoms with E-state index in [1.54, 1.807) is 25.5 Å². The number of nitrogens with zero attached hydrogens (tertiary/aromatic N) is 2. The van der Waals surface area contributed by atoms with Gasteiger partial charge in [0.1, 0.15) is 18.1 Å². The van der Waals surface area contributed by atoms with Crippen molar-refractivity contribution in [1.82, 2.24) is 10.2 Å². The molecule has 1 aromatic carbocycles. The van der Waals surface area contributed by atoms with E-state index in [1.807, 2.05) is 31.3 Å². The van der Waals surface area contributed by atoms with Gasteiger partial charge in [0.15, 0.2) is 5.96 Å². The first-order chi connectivity index (χ1) is 11.7. The summed E-state index contributed by atoms with van der Waals surface area (Å²) in [6, 6.07) is 11.9. The molecule has 0 radical (unpaired) electrons. The molecule has 5 nitrogen and oxygen atoms in total. The van der Waals surface area contributed by atoms with E-state index < -0.39 is 0 Å². The quantitative estimate of drug-likeness (QED) is 0.275. The van der Waals surface area contributed by atoms with Crippen molar-refractivity contribution in [3.63, 3.8) is 0 Å². The predicted molar refractivity (Wildman–Crippen MR) is 116 cm³/mol. The number of halogens is 1. The highest BCUT2D eigenvalue weighted by molar-refractivity contribution is 14.0. The van der Waals surface area contributed by atoms with Gasteiger partial charge in [-0.2, -0.15) is 0 Å². The van der Waals surface area contributed by atoms with Gasteiger partial charge >= 0.3 is 0 Å². The lowest BCUT2D eigenvalue weighted by molar-refractivity contribution is 0.316. The van der Waals surface area contributed by atoms with Gasteiger partial charge in [0, 0.05) is 31.6 Å². The number of hydrogen-bond donors (Lipinski definition) is 1. The molecular formula is C18H26IN3O2S. The number of thiophene rings is 1. The molecule has 2 rings (SSSR count). The van der Waals surface area contributed by atoms with E-state index >= 15 is 0 Å². The second kappa shape index (κ2) is 12.0. The highest BCUT2D eigenvalue weighted by Crippen LogP contribution is 2.18. The summed E-state index contributed by atoms with van der Waals surface area (Å²) in [5.41, 5.74) is 0. The van der Waals surface area contributed by atoms with Gasteiger partial charge in [-0.3, -0.25) is 4.99 Å². The number of aliphatic imine (C=N–C) groups is 1. The Balaban J connectivity index is 0.00000312. The molecule has 0 fully saturated rings. The van der Waals surface area contributed by atoms with Crippen LogP contribution in [0.1, 0.15) is 4.88 Å². The number of methoxy groups -OCH3 is 1. The van der Waals surface area contributed by atoms with Crippen molar-refractivity contribution < 1.29 is 9.47 Å². The molecule has 138 valence electrons. The van der Waals surface area contributed by atoms with Crippen LogP contribution in [0.5, 0.6) is 11.5 Å². The average Bonchev–Trinajstić information content (AvgIpc) is 3.13. The number of guanidine groups is 1. The van der Waals surface area contributed by atoms with Gasteiger partial charge in [0.05, 0.1) is 13.7 Å². The second-order valence-corrected chi connectivity index (χ2v) is 6.28. The van der Waals surface area contributed by atoms with Crippen molar-refractivity contribution in [2.45, 2.75) is 6.42 Å². The van der Waals surface area contributed by atoms with E-state index in [-0.39, 0.29) is 24.0 Å². The van der Waals surface area contributed by atoms with Crippen molar-refractivity contribution in [1.29, 1.82) is 0 Å². The SMILES string of the molecule is CN=C(NCCOc1cccc(OC)c1)N(C)CCc1cccs1.I. The van der Waals surface area contributed by atoms with Crippen molar-refractivity contribution >= 4 is 41.3 Å². The third-order valence-corrected chi connectivity index (χ3v) is 4.48.